The maximum atomic E-state index is 3.52. The summed E-state index contributed by atoms with van der Waals surface area (Å²) in [6.45, 7) is 3.71. The molecule has 0 amide bonds. The number of rotatable bonds is 2. The average Bonchev–Trinajstić information content (AvgIpc) is 2.84. The van der Waals surface area contributed by atoms with Crippen LogP contribution in [0.2, 0.25) is 0 Å². The minimum atomic E-state index is 0.819. The van der Waals surface area contributed by atoms with E-state index >= 15 is 0 Å². The van der Waals surface area contributed by atoms with E-state index < -0.39 is 0 Å². The largest absolute Gasteiger partial charge is 0.315 e. The molecule has 2 aliphatic rings. The van der Waals surface area contributed by atoms with E-state index in [0.29, 0.717) is 0 Å². The molecule has 1 unspecified atom stereocenters. The first-order chi connectivity index (χ1) is 5.86. The van der Waals surface area contributed by atoms with Crippen LogP contribution in [0.1, 0.15) is 25.7 Å². The summed E-state index contributed by atoms with van der Waals surface area (Å²) in [5.41, 5.74) is 0. The van der Waals surface area contributed by atoms with Crippen molar-refractivity contribution in [2.75, 3.05) is 26.7 Å². The van der Waals surface area contributed by atoms with Gasteiger partial charge in [-0.25, -0.2) is 0 Å². The molecule has 2 heteroatoms. The number of nitrogens with zero attached hydrogens (tertiary/aromatic N) is 1. The molecule has 1 saturated carbocycles. The fourth-order valence-corrected chi connectivity index (χ4v) is 2.06. The van der Waals surface area contributed by atoms with Crippen molar-refractivity contribution in [2.45, 2.75) is 31.7 Å². The van der Waals surface area contributed by atoms with Crippen LogP contribution in [0.25, 0.3) is 0 Å². The molecule has 0 spiro atoms. The first kappa shape index (κ1) is 8.52. The summed E-state index contributed by atoms with van der Waals surface area (Å²) in [5, 5.41) is 3.52. The zero-order chi connectivity index (χ0) is 8.39. The van der Waals surface area contributed by atoms with E-state index in [-0.39, 0.29) is 0 Å². The van der Waals surface area contributed by atoms with E-state index in [1.165, 1.54) is 45.3 Å². The van der Waals surface area contributed by atoms with Gasteiger partial charge in [0.25, 0.3) is 0 Å². The quantitative estimate of drug-likeness (QED) is 0.664. The van der Waals surface area contributed by atoms with Gasteiger partial charge in [0.05, 0.1) is 0 Å². The third-order valence-corrected chi connectivity index (χ3v) is 3.17. The lowest BCUT2D eigenvalue weighted by atomic mass is 10.1. The van der Waals surface area contributed by atoms with Gasteiger partial charge in [-0.2, -0.15) is 0 Å². The van der Waals surface area contributed by atoms with Crippen molar-refractivity contribution in [1.82, 2.24) is 10.2 Å². The van der Waals surface area contributed by atoms with Gasteiger partial charge in [-0.15, -0.1) is 0 Å². The van der Waals surface area contributed by atoms with Crippen molar-refractivity contribution in [3.05, 3.63) is 0 Å². The highest BCUT2D eigenvalue weighted by molar-refractivity contribution is 4.83. The Hall–Kier alpha value is -0.0800. The maximum Gasteiger partial charge on any atom is 0.0220 e. The summed E-state index contributed by atoms with van der Waals surface area (Å²) in [6.07, 6.45) is 5.73. The van der Waals surface area contributed by atoms with Crippen molar-refractivity contribution < 1.29 is 0 Å². The molecule has 1 aliphatic carbocycles. The molecule has 1 heterocycles. The van der Waals surface area contributed by atoms with Crippen LogP contribution >= 0.6 is 0 Å². The topological polar surface area (TPSA) is 15.3 Å². The Bertz CT molecular complexity index is 143. The van der Waals surface area contributed by atoms with Crippen molar-refractivity contribution in [3.63, 3.8) is 0 Å². The molecule has 2 fully saturated rings. The summed E-state index contributed by atoms with van der Waals surface area (Å²) in [5.74, 6) is 1.07. The number of nitrogens with one attached hydrogen (secondary N) is 1. The summed E-state index contributed by atoms with van der Waals surface area (Å²) < 4.78 is 0. The van der Waals surface area contributed by atoms with E-state index in [0.717, 1.165) is 12.0 Å². The standard InChI is InChI=1S/C10H20N2/c1-12-6-2-5-11-8-10(12)7-9-3-4-9/h9-11H,2-8H2,1H3. The minimum absolute atomic E-state index is 0.819. The summed E-state index contributed by atoms with van der Waals surface area (Å²) in [7, 11) is 2.28. The third kappa shape index (κ3) is 2.20. The summed E-state index contributed by atoms with van der Waals surface area (Å²) in [4.78, 5) is 2.54. The molecule has 1 saturated heterocycles. The molecule has 12 heavy (non-hydrogen) atoms. The Balaban J connectivity index is 1.81. The highest BCUT2D eigenvalue weighted by Gasteiger charge is 2.27. The Kier molecular flexibility index (Phi) is 2.66. The Labute approximate surface area is 75.3 Å². The van der Waals surface area contributed by atoms with Gasteiger partial charge in [0.1, 0.15) is 0 Å². The molecular weight excluding hydrogens is 148 g/mol. The van der Waals surface area contributed by atoms with Gasteiger partial charge in [-0.1, -0.05) is 12.8 Å². The third-order valence-electron chi connectivity index (χ3n) is 3.17. The van der Waals surface area contributed by atoms with Crippen LogP contribution < -0.4 is 5.32 Å². The van der Waals surface area contributed by atoms with Gasteiger partial charge in [0.15, 0.2) is 0 Å². The van der Waals surface area contributed by atoms with E-state index in [4.69, 9.17) is 0 Å². The molecule has 0 aromatic rings. The minimum Gasteiger partial charge on any atom is -0.315 e. The van der Waals surface area contributed by atoms with Gasteiger partial charge < -0.3 is 10.2 Å². The average molecular weight is 168 g/mol. The highest BCUT2D eigenvalue weighted by atomic mass is 15.2. The fraction of sp³-hybridized carbons (Fsp3) is 1.00. The first-order valence-corrected chi connectivity index (χ1v) is 5.27. The van der Waals surface area contributed by atoms with Crippen molar-refractivity contribution in [1.29, 1.82) is 0 Å². The Morgan fingerprint density at radius 3 is 3.00 bits per heavy atom. The van der Waals surface area contributed by atoms with Gasteiger partial charge in [0.2, 0.25) is 0 Å². The van der Waals surface area contributed by atoms with Crippen LogP contribution in [0.3, 0.4) is 0 Å². The van der Waals surface area contributed by atoms with E-state index in [1.54, 1.807) is 0 Å². The van der Waals surface area contributed by atoms with Crippen molar-refractivity contribution in [2.24, 2.45) is 5.92 Å². The van der Waals surface area contributed by atoms with Crippen LogP contribution in [0.15, 0.2) is 0 Å². The predicted molar refractivity (Wildman–Crippen MR) is 51.2 cm³/mol. The Morgan fingerprint density at radius 1 is 1.42 bits per heavy atom. The molecule has 0 aromatic carbocycles. The molecule has 1 N–H and O–H groups in total. The van der Waals surface area contributed by atoms with Crippen LogP contribution in [-0.4, -0.2) is 37.6 Å². The zero-order valence-corrected chi connectivity index (χ0v) is 8.05. The second-order valence-electron chi connectivity index (χ2n) is 4.37. The van der Waals surface area contributed by atoms with Gasteiger partial charge in [-0.3, -0.25) is 0 Å². The maximum absolute atomic E-state index is 3.52. The van der Waals surface area contributed by atoms with Crippen LogP contribution in [0.5, 0.6) is 0 Å². The van der Waals surface area contributed by atoms with Gasteiger partial charge in [-0.05, 0) is 38.9 Å². The van der Waals surface area contributed by atoms with Crippen molar-refractivity contribution in [3.8, 4) is 0 Å². The van der Waals surface area contributed by atoms with Gasteiger partial charge in [0, 0.05) is 12.6 Å². The number of hydrogen-bond acceptors (Lipinski definition) is 2. The first-order valence-electron chi connectivity index (χ1n) is 5.27. The lowest BCUT2D eigenvalue weighted by Crippen LogP contribution is -2.37. The molecule has 70 valence electrons. The second-order valence-corrected chi connectivity index (χ2v) is 4.37. The smallest absolute Gasteiger partial charge is 0.0220 e. The van der Waals surface area contributed by atoms with Crippen LogP contribution in [-0.2, 0) is 0 Å². The van der Waals surface area contributed by atoms with E-state index in [9.17, 15) is 0 Å². The van der Waals surface area contributed by atoms with Crippen LogP contribution in [0, 0.1) is 5.92 Å². The number of likely N-dealkylation sites (N-methyl/N-ethyl adjacent to an activating group) is 1. The number of hydrogen-bond donors (Lipinski definition) is 1. The second kappa shape index (κ2) is 3.75. The zero-order valence-electron chi connectivity index (χ0n) is 8.05. The molecule has 1 aliphatic heterocycles. The molecule has 2 rings (SSSR count). The lowest BCUT2D eigenvalue weighted by molar-refractivity contribution is 0.237. The molecular formula is C10H20N2. The normalized spacial score (nSPS) is 33.2. The molecule has 0 radical (unpaired) electrons. The molecule has 2 nitrogen and oxygen atoms in total. The SMILES string of the molecule is CN1CCCNCC1CC1CC1. The molecule has 0 aromatic heterocycles. The summed E-state index contributed by atoms with van der Waals surface area (Å²) in [6, 6.07) is 0.819. The van der Waals surface area contributed by atoms with Crippen molar-refractivity contribution >= 4 is 0 Å². The lowest BCUT2D eigenvalue weighted by Gasteiger charge is -2.25. The van der Waals surface area contributed by atoms with E-state index in [2.05, 4.69) is 17.3 Å². The molecule has 0 bridgehead atoms. The monoisotopic (exact) mass is 168 g/mol. The van der Waals surface area contributed by atoms with Crippen LogP contribution in [0.4, 0.5) is 0 Å². The Morgan fingerprint density at radius 2 is 2.25 bits per heavy atom. The predicted octanol–water partition coefficient (Wildman–Crippen LogP) is 1.08. The van der Waals surface area contributed by atoms with Gasteiger partial charge >= 0.3 is 0 Å². The molecule has 1 atom stereocenters. The van der Waals surface area contributed by atoms with E-state index in [1.807, 2.05) is 0 Å². The summed E-state index contributed by atoms with van der Waals surface area (Å²) >= 11 is 0. The fourth-order valence-electron chi connectivity index (χ4n) is 2.06. The highest BCUT2D eigenvalue weighted by Crippen LogP contribution is 2.34.